The minimum Gasteiger partial charge on any atom is -0.358 e. The molecule has 1 heterocycles. The van der Waals surface area contributed by atoms with Gasteiger partial charge >= 0.3 is 0 Å². The Balaban J connectivity index is 2.04. The molecule has 0 amide bonds. The van der Waals surface area contributed by atoms with Crippen LogP contribution in [0, 0.1) is 6.92 Å². The lowest BCUT2D eigenvalue weighted by Crippen LogP contribution is -2.25. The molecule has 1 saturated heterocycles. The minimum atomic E-state index is 0.187. The normalized spacial score (nSPS) is 21.5. The molecule has 0 spiro atoms. The van der Waals surface area contributed by atoms with Crippen molar-refractivity contribution in [3.05, 3.63) is 35.4 Å². The Morgan fingerprint density at radius 1 is 1.31 bits per heavy atom. The predicted molar refractivity (Wildman–Crippen MR) is 66.4 cm³/mol. The van der Waals surface area contributed by atoms with Gasteiger partial charge in [0.05, 0.1) is 6.61 Å². The fraction of sp³-hybridized carbons (Fsp3) is 0.571. The lowest BCUT2D eigenvalue weighted by Gasteiger charge is -2.23. The van der Waals surface area contributed by atoms with Gasteiger partial charge in [0.1, 0.15) is 6.23 Å². The monoisotopic (exact) mass is 219 g/mol. The summed E-state index contributed by atoms with van der Waals surface area (Å²) in [5.41, 5.74) is 2.60. The van der Waals surface area contributed by atoms with Crippen LogP contribution in [0.4, 0.5) is 0 Å². The molecule has 16 heavy (non-hydrogen) atoms. The van der Waals surface area contributed by atoms with Gasteiger partial charge in [-0.3, -0.25) is 4.90 Å². The van der Waals surface area contributed by atoms with Crippen molar-refractivity contribution in [1.82, 2.24) is 4.90 Å². The lowest BCUT2D eigenvalue weighted by atomic mass is 10.1. The van der Waals surface area contributed by atoms with E-state index in [0.29, 0.717) is 0 Å². The number of aryl methyl sites for hydroxylation is 1. The first-order valence-electron chi connectivity index (χ1n) is 6.23. The molecule has 2 nitrogen and oxygen atoms in total. The average Bonchev–Trinajstić information content (AvgIpc) is 2.75. The van der Waals surface area contributed by atoms with Crippen LogP contribution in [-0.4, -0.2) is 24.6 Å². The molecule has 0 radical (unpaired) electrons. The standard InChI is InChI=1S/C14H21NO/c1-3-4-9-15-10-11-16-14(15)13-7-5-12(2)6-8-13/h5-8,14H,3-4,9-11H2,1-2H3. The summed E-state index contributed by atoms with van der Waals surface area (Å²) in [6.07, 6.45) is 2.69. The van der Waals surface area contributed by atoms with Crippen molar-refractivity contribution in [3.8, 4) is 0 Å². The van der Waals surface area contributed by atoms with Gasteiger partial charge < -0.3 is 4.74 Å². The van der Waals surface area contributed by atoms with Crippen LogP contribution in [0.5, 0.6) is 0 Å². The molecule has 0 saturated carbocycles. The van der Waals surface area contributed by atoms with Crippen LogP contribution in [0.25, 0.3) is 0 Å². The van der Waals surface area contributed by atoms with E-state index < -0.39 is 0 Å². The van der Waals surface area contributed by atoms with Gasteiger partial charge in [0, 0.05) is 13.1 Å². The van der Waals surface area contributed by atoms with E-state index in [1.54, 1.807) is 0 Å². The second-order valence-corrected chi connectivity index (χ2v) is 4.52. The highest BCUT2D eigenvalue weighted by molar-refractivity contribution is 5.23. The average molecular weight is 219 g/mol. The third-order valence-electron chi connectivity index (χ3n) is 3.15. The maximum Gasteiger partial charge on any atom is 0.136 e. The lowest BCUT2D eigenvalue weighted by molar-refractivity contribution is 0.0321. The van der Waals surface area contributed by atoms with Crippen molar-refractivity contribution < 1.29 is 4.74 Å². The summed E-state index contributed by atoms with van der Waals surface area (Å²) in [6, 6.07) is 8.69. The van der Waals surface area contributed by atoms with Crippen molar-refractivity contribution in [2.24, 2.45) is 0 Å². The maximum atomic E-state index is 5.81. The van der Waals surface area contributed by atoms with E-state index in [2.05, 4.69) is 43.0 Å². The van der Waals surface area contributed by atoms with Gasteiger partial charge in [0.25, 0.3) is 0 Å². The summed E-state index contributed by atoms with van der Waals surface area (Å²) >= 11 is 0. The van der Waals surface area contributed by atoms with Crippen molar-refractivity contribution in [1.29, 1.82) is 0 Å². The van der Waals surface area contributed by atoms with Crippen molar-refractivity contribution in [2.45, 2.75) is 32.9 Å². The Morgan fingerprint density at radius 2 is 2.06 bits per heavy atom. The number of rotatable bonds is 4. The van der Waals surface area contributed by atoms with Gasteiger partial charge in [0.2, 0.25) is 0 Å². The van der Waals surface area contributed by atoms with E-state index in [-0.39, 0.29) is 6.23 Å². The molecule has 0 N–H and O–H groups in total. The Labute approximate surface area is 98.2 Å². The maximum absolute atomic E-state index is 5.81. The summed E-state index contributed by atoms with van der Waals surface area (Å²) in [7, 11) is 0. The Bertz CT molecular complexity index is 320. The van der Waals surface area contributed by atoms with Crippen LogP contribution in [0.15, 0.2) is 24.3 Å². The fourth-order valence-corrected chi connectivity index (χ4v) is 2.13. The first-order chi connectivity index (χ1) is 7.81. The summed E-state index contributed by atoms with van der Waals surface area (Å²) in [5, 5.41) is 0. The van der Waals surface area contributed by atoms with Gasteiger partial charge in [-0.05, 0) is 18.9 Å². The number of nitrogens with zero attached hydrogens (tertiary/aromatic N) is 1. The molecular weight excluding hydrogens is 198 g/mol. The summed E-state index contributed by atoms with van der Waals surface area (Å²) in [6.45, 7) is 7.43. The van der Waals surface area contributed by atoms with E-state index in [4.69, 9.17) is 4.74 Å². The largest absolute Gasteiger partial charge is 0.358 e. The number of hydrogen-bond donors (Lipinski definition) is 0. The Hall–Kier alpha value is -0.860. The van der Waals surface area contributed by atoms with Crippen molar-refractivity contribution >= 4 is 0 Å². The molecule has 2 heteroatoms. The number of hydrogen-bond acceptors (Lipinski definition) is 2. The molecule has 88 valence electrons. The fourth-order valence-electron chi connectivity index (χ4n) is 2.13. The third-order valence-corrected chi connectivity index (χ3v) is 3.15. The predicted octanol–water partition coefficient (Wildman–Crippen LogP) is 3.13. The summed E-state index contributed by atoms with van der Waals surface area (Å²) < 4.78 is 5.81. The summed E-state index contributed by atoms with van der Waals surface area (Å²) in [5.74, 6) is 0. The van der Waals surface area contributed by atoms with E-state index in [9.17, 15) is 0 Å². The molecule has 0 aromatic heterocycles. The topological polar surface area (TPSA) is 12.5 Å². The summed E-state index contributed by atoms with van der Waals surface area (Å²) in [4.78, 5) is 2.44. The zero-order valence-corrected chi connectivity index (χ0v) is 10.3. The molecular formula is C14H21NO. The first-order valence-corrected chi connectivity index (χ1v) is 6.23. The molecule has 1 aromatic rings. The number of ether oxygens (including phenoxy) is 1. The van der Waals surface area contributed by atoms with E-state index >= 15 is 0 Å². The molecule has 0 aliphatic carbocycles. The minimum absolute atomic E-state index is 0.187. The van der Waals surface area contributed by atoms with Crippen molar-refractivity contribution in [2.75, 3.05) is 19.7 Å². The van der Waals surface area contributed by atoms with Crippen LogP contribution in [0.2, 0.25) is 0 Å². The zero-order chi connectivity index (χ0) is 11.4. The molecule has 0 bridgehead atoms. The van der Waals surface area contributed by atoms with Crippen LogP contribution < -0.4 is 0 Å². The Morgan fingerprint density at radius 3 is 2.75 bits per heavy atom. The first kappa shape index (κ1) is 11.6. The second-order valence-electron chi connectivity index (χ2n) is 4.52. The van der Waals surface area contributed by atoms with Gasteiger partial charge in [-0.15, -0.1) is 0 Å². The van der Waals surface area contributed by atoms with Crippen LogP contribution in [0.1, 0.15) is 37.1 Å². The molecule has 1 aliphatic rings. The molecule has 1 atom stereocenters. The molecule has 2 rings (SSSR count). The highest BCUT2D eigenvalue weighted by atomic mass is 16.5. The van der Waals surface area contributed by atoms with Crippen molar-refractivity contribution in [3.63, 3.8) is 0 Å². The third kappa shape index (κ3) is 2.63. The molecule has 1 aromatic carbocycles. The van der Waals surface area contributed by atoms with Gasteiger partial charge in [-0.1, -0.05) is 43.2 Å². The van der Waals surface area contributed by atoms with E-state index in [1.165, 1.54) is 24.0 Å². The van der Waals surface area contributed by atoms with Crippen LogP contribution in [0.3, 0.4) is 0 Å². The smallest absolute Gasteiger partial charge is 0.136 e. The van der Waals surface area contributed by atoms with Gasteiger partial charge in [-0.25, -0.2) is 0 Å². The Kier molecular flexibility index (Phi) is 3.97. The quantitative estimate of drug-likeness (QED) is 0.771. The van der Waals surface area contributed by atoms with E-state index in [1.807, 2.05) is 0 Å². The molecule has 1 aliphatic heterocycles. The molecule has 1 fully saturated rings. The SMILES string of the molecule is CCCCN1CCOC1c1ccc(C)cc1. The second kappa shape index (κ2) is 5.46. The van der Waals surface area contributed by atoms with E-state index in [0.717, 1.165) is 19.7 Å². The number of benzene rings is 1. The van der Waals surface area contributed by atoms with Gasteiger partial charge in [-0.2, -0.15) is 0 Å². The highest BCUT2D eigenvalue weighted by Crippen LogP contribution is 2.27. The zero-order valence-electron chi connectivity index (χ0n) is 10.3. The number of unbranched alkanes of at least 4 members (excludes halogenated alkanes) is 1. The molecule has 1 unspecified atom stereocenters. The highest BCUT2D eigenvalue weighted by Gasteiger charge is 2.25. The van der Waals surface area contributed by atoms with Crippen LogP contribution >= 0.6 is 0 Å². The van der Waals surface area contributed by atoms with Crippen LogP contribution in [-0.2, 0) is 4.74 Å². The van der Waals surface area contributed by atoms with Gasteiger partial charge in [0.15, 0.2) is 0 Å².